The van der Waals surface area contributed by atoms with Crippen LogP contribution >= 0.6 is 0 Å². The maximum Gasteiger partial charge on any atom is 0.573 e. The van der Waals surface area contributed by atoms with Crippen LogP contribution < -0.4 is 9.64 Å². The van der Waals surface area contributed by atoms with E-state index in [9.17, 15) is 49.1 Å². The number of rotatable bonds is 8. The van der Waals surface area contributed by atoms with Crippen LogP contribution in [-0.4, -0.2) is 50.1 Å². The van der Waals surface area contributed by atoms with Gasteiger partial charge in [-0.15, -0.1) is 13.2 Å². The number of ether oxygens (including phenoxy) is 3. The largest absolute Gasteiger partial charge is 0.573 e. The van der Waals surface area contributed by atoms with Gasteiger partial charge in [-0.1, -0.05) is 0 Å². The van der Waals surface area contributed by atoms with Gasteiger partial charge in [-0.2, -0.15) is 26.3 Å². The highest BCUT2D eigenvalue weighted by molar-refractivity contribution is 5.70. The summed E-state index contributed by atoms with van der Waals surface area (Å²) in [7, 11) is 0.933. The summed E-state index contributed by atoms with van der Waals surface area (Å²) in [5.74, 6) is -0.678. The fourth-order valence-corrected chi connectivity index (χ4v) is 4.63. The first-order chi connectivity index (χ1) is 18.9. The van der Waals surface area contributed by atoms with E-state index < -0.39 is 65.9 Å². The second-order valence-electron chi connectivity index (χ2n) is 9.04. The number of methoxy groups -OCH3 is 1. The van der Waals surface area contributed by atoms with Gasteiger partial charge >= 0.3 is 24.8 Å². The molecule has 2 aromatic rings. The van der Waals surface area contributed by atoms with Gasteiger partial charge in [-0.05, 0) is 55.3 Å². The van der Waals surface area contributed by atoms with E-state index in [2.05, 4.69) is 4.74 Å². The Labute approximate surface area is 227 Å². The van der Waals surface area contributed by atoms with E-state index in [0.717, 1.165) is 24.1 Å². The van der Waals surface area contributed by atoms with Gasteiger partial charge in [-0.3, -0.25) is 9.69 Å². The van der Waals surface area contributed by atoms with Crippen molar-refractivity contribution >= 4 is 18.3 Å². The van der Waals surface area contributed by atoms with Crippen LogP contribution in [0.25, 0.3) is 0 Å². The molecule has 7 nitrogen and oxygen atoms in total. The number of hydrogen-bond donors (Lipinski definition) is 0. The Morgan fingerprint density at radius 3 is 2.12 bits per heavy atom. The molecule has 0 fully saturated rings. The molecule has 3 rings (SSSR count). The minimum absolute atomic E-state index is 0.0379. The molecule has 0 aromatic heterocycles. The molecular formula is C25H23F9N2O5. The summed E-state index contributed by atoms with van der Waals surface area (Å²) in [6.07, 6.45) is -16.6. The second kappa shape index (κ2) is 11.9. The van der Waals surface area contributed by atoms with E-state index in [4.69, 9.17) is 9.47 Å². The first-order valence-corrected chi connectivity index (χ1v) is 11.8. The Hall–Kier alpha value is -3.85. The third kappa shape index (κ3) is 7.88. The first-order valence-electron chi connectivity index (χ1n) is 11.8. The van der Waals surface area contributed by atoms with Crippen molar-refractivity contribution in [1.82, 2.24) is 4.90 Å². The zero-order valence-electron chi connectivity index (χ0n) is 21.4. The predicted octanol–water partition coefficient (Wildman–Crippen LogP) is 6.70. The number of anilines is 1. The maximum absolute atomic E-state index is 13.4. The SMILES string of the molecule is COC(=O)N(Cc1cc(C(F)(F)F)cc(C(F)(F)F)c1)C1CC(C)N(CCOC=O)c2ccc(OC(F)(F)F)cc21. The van der Waals surface area contributed by atoms with Crippen molar-refractivity contribution in [3.05, 3.63) is 58.7 Å². The monoisotopic (exact) mass is 602 g/mol. The third-order valence-corrected chi connectivity index (χ3v) is 6.30. The van der Waals surface area contributed by atoms with Crippen molar-refractivity contribution < 1.29 is 63.3 Å². The summed E-state index contributed by atoms with van der Waals surface area (Å²) in [4.78, 5) is 26.0. The highest BCUT2D eigenvalue weighted by atomic mass is 19.4. The van der Waals surface area contributed by atoms with Crippen LogP contribution in [0, 0.1) is 0 Å². The molecule has 1 amide bonds. The molecule has 16 heteroatoms. The highest BCUT2D eigenvalue weighted by Crippen LogP contribution is 2.44. The van der Waals surface area contributed by atoms with Crippen LogP contribution in [0.3, 0.4) is 0 Å². The highest BCUT2D eigenvalue weighted by Gasteiger charge is 2.40. The molecule has 0 N–H and O–H groups in total. The molecule has 1 aliphatic rings. The average molecular weight is 602 g/mol. The quantitative estimate of drug-likeness (QED) is 0.190. The van der Waals surface area contributed by atoms with Crippen molar-refractivity contribution in [3.8, 4) is 5.75 Å². The smallest absolute Gasteiger partial charge is 0.466 e. The van der Waals surface area contributed by atoms with Gasteiger partial charge in [0.25, 0.3) is 6.47 Å². The topological polar surface area (TPSA) is 68.3 Å². The van der Waals surface area contributed by atoms with Crippen molar-refractivity contribution in [3.63, 3.8) is 0 Å². The lowest BCUT2D eigenvalue weighted by atomic mass is 9.90. The first kappa shape index (κ1) is 31.7. The van der Waals surface area contributed by atoms with Crippen LogP contribution in [-0.2, 0) is 33.2 Å². The van der Waals surface area contributed by atoms with Gasteiger partial charge in [0.15, 0.2) is 0 Å². The van der Waals surface area contributed by atoms with E-state index in [-0.39, 0.29) is 43.4 Å². The zero-order valence-corrected chi connectivity index (χ0v) is 21.4. The Balaban J connectivity index is 2.14. The Morgan fingerprint density at radius 1 is 1.00 bits per heavy atom. The van der Waals surface area contributed by atoms with E-state index in [1.165, 1.54) is 6.07 Å². The third-order valence-electron chi connectivity index (χ3n) is 6.30. The van der Waals surface area contributed by atoms with Gasteiger partial charge in [0.05, 0.1) is 30.8 Å². The van der Waals surface area contributed by atoms with Crippen LogP contribution in [0.5, 0.6) is 5.75 Å². The Morgan fingerprint density at radius 2 is 1.61 bits per heavy atom. The van der Waals surface area contributed by atoms with Crippen LogP contribution in [0.1, 0.15) is 41.6 Å². The number of fused-ring (bicyclic) bond motifs is 1. The molecule has 1 heterocycles. The minimum Gasteiger partial charge on any atom is -0.466 e. The average Bonchev–Trinajstić information content (AvgIpc) is 2.86. The molecule has 0 spiro atoms. The molecule has 0 saturated heterocycles. The van der Waals surface area contributed by atoms with Crippen LogP contribution in [0.4, 0.5) is 50.0 Å². The van der Waals surface area contributed by atoms with E-state index in [0.29, 0.717) is 12.1 Å². The van der Waals surface area contributed by atoms with Gasteiger partial charge < -0.3 is 19.1 Å². The number of nitrogens with zero attached hydrogens (tertiary/aromatic N) is 2. The fraction of sp³-hybridized carbons (Fsp3) is 0.440. The summed E-state index contributed by atoms with van der Waals surface area (Å²) in [5, 5.41) is 0. The summed E-state index contributed by atoms with van der Waals surface area (Å²) in [5.41, 5.74) is -3.44. The van der Waals surface area contributed by atoms with Crippen LogP contribution in [0.15, 0.2) is 36.4 Å². The molecule has 2 atom stereocenters. The predicted molar refractivity (Wildman–Crippen MR) is 124 cm³/mol. The molecule has 0 saturated carbocycles. The van der Waals surface area contributed by atoms with Gasteiger partial charge in [-0.25, -0.2) is 4.79 Å². The van der Waals surface area contributed by atoms with Crippen molar-refractivity contribution in [2.75, 3.05) is 25.2 Å². The number of alkyl halides is 9. The Kier molecular flexibility index (Phi) is 9.23. The second-order valence-corrected chi connectivity index (χ2v) is 9.04. The lowest BCUT2D eigenvalue weighted by Gasteiger charge is -2.44. The molecule has 1 aliphatic heterocycles. The van der Waals surface area contributed by atoms with E-state index in [1.807, 2.05) is 0 Å². The molecule has 2 unspecified atom stereocenters. The van der Waals surface area contributed by atoms with E-state index in [1.54, 1.807) is 11.8 Å². The maximum atomic E-state index is 13.4. The molecule has 41 heavy (non-hydrogen) atoms. The minimum atomic E-state index is -5.15. The number of hydrogen-bond acceptors (Lipinski definition) is 6. The number of carbonyl (C=O) groups excluding carboxylic acids is 2. The molecule has 0 bridgehead atoms. The lowest BCUT2D eigenvalue weighted by molar-refractivity contribution is -0.274. The van der Waals surface area contributed by atoms with Gasteiger partial charge in [0, 0.05) is 23.8 Å². The molecule has 226 valence electrons. The molecule has 0 aliphatic carbocycles. The molecular weight excluding hydrogens is 579 g/mol. The zero-order chi connectivity index (χ0) is 30.8. The number of benzene rings is 2. The fourth-order valence-electron chi connectivity index (χ4n) is 4.63. The van der Waals surface area contributed by atoms with Gasteiger partial charge in [0.2, 0.25) is 0 Å². The molecule has 2 aromatic carbocycles. The lowest BCUT2D eigenvalue weighted by Crippen LogP contribution is -2.46. The van der Waals surface area contributed by atoms with Gasteiger partial charge in [0.1, 0.15) is 12.4 Å². The number of amides is 1. The summed E-state index contributed by atoms with van der Waals surface area (Å²) < 4.78 is 133. The van der Waals surface area contributed by atoms with Crippen LogP contribution in [0.2, 0.25) is 0 Å². The number of halogens is 9. The molecule has 0 radical (unpaired) electrons. The number of carbonyl (C=O) groups is 2. The van der Waals surface area contributed by atoms with Crippen molar-refractivity contribution in [2.24, 2.45) is 0 Å². The summed E-state index contributed by atoms with van der Waals surface area (Å²) >= 11 is 0. The standard InChI is InChI=1S/C25H23F9N2O5/c1-14-7-21(19-11-18(41-25(32,33)34)3-4-20(19)35(14)5-6-40-13-37)36(22(38)39-2)12-15-8-16(23(26,27)28)10-17(9-15)24(29,30)31/h3-4,8-11,13-14,21H,5-7,12H2,1-2H3. The van der Waals surface area contributed by atoms with E-state index >= 15 is 0 Å². The summed E-state index contributed by atoms with van der Waals surface area (Å²) in [6.45, 7) is 1.03. The summed E-state index contributed by atoms with van der Waals surface area (Å²) in [6, 6.07) is 2.39. The Bertz CT molecular complexity index is 1220. The normalized spacial score (nSPS) is 17.5. The van der Waals surface area contributed by atoms with Crippen molar-refractivity contribution in [1.29, 1.82) is 0 Å². The van der Waals surface area contributed by atoms with Crippen molar-refractivity contribution in [2.45, 2.75) is 50.7 Å².